The van der Waals surface area contributed by atoms with E-state index in [1.165, 1.54) is 0 Å². The maximum absolute atomic E-state index is 12.9. The van der Waals surface area contributed by atoms with Crippen LogP contribution in [0.5, 0.6) is 0 Å². The highest BCUT2D eigenvalue weighted by Gasteiger charge is 2.17. The molecular weight excluding hydrogens is 364 g/mol. The molecule has 0 aliphatic rings. The van der Waals surface area contributed by atoms with E-state index in [0.717, 1.165) is 75.0 Å². The van der Waals surface area contributed by atoms with Crippen LogP contribution in [0.3, 0.4) is 0 Å². The number of imidazole rings is 1. The van der Waals surface area contributed by atoms with Gasteiger partial charge in [0.1, 0.15) is 12.4 Å². The highest BCUT2D eigenvalue weighted by molar-refractivity contribution is 5.81. The second-order valence-electron chi connectivity index (χ2n) is 7.50. The molecule has 6 heteroatoms. The maximum atomic E-state index is 12.9. The topological polar surface area (TPSA) is 67.2 Å². The van der Waals surface area contributed by atoms with Crippen LogP contribution in [-0.4, -0.2) is 45.9 Å². The first-order chi connectivity index (χ1) is 14.1. The molecule has 0 spiro atoms. The number of nitrogens with zero attached hydrogens (tertiary/aromatic N) is 3. The molecule has 0 radical (unpaired) electrons. The molecule has 0 atom stereocenters. The fraction of sp³-hybridized carbons (Fsp3) is 0.609. The molecule has 2 amide bonds. The zero-order valence-electron chi connectivity index (χ0n) is 18.2. The van der Waals surface area contributed by atoms with Crippen LogP contribution in [0.15, 0.2) is 24.3 Å². The maximum Gasteiger partial charge on any atom is 0.242 e. The highest BCUT2D eigenvalue weighted by atomic mass is 16.2. The number of amides is 2. The van der Waals surface area contributed by atoms with Gasteiger partial charge in [-0.1, -0.05) is 39.3 Å². The summed E-state index contributed by atoms with van der Waals surface area (Å²) in [4.78, 5) is 31.0. The molecule has 6 nitrogen and oxygen atoms in total. The predicted molar refractivity (Wildman–Crippen MR) is 118 cm³/mol. The lowest BCUT2D eigenvalue weighted by atomic mass is 10.2. The SMILES string of the molecule is CCCN(CCC)C(=O)Cn1c(CCCCCNC(=O)CC)nc2ccccc21. The number of aromatic nitrogens is 2. The molecule has 29 heavy (non-hydrogen) atoms. The normalized spacial score (nSPS) is 11.0. The van der Waals surface area contributed by atoms with E-state index in [0.29, 0.717) is 13.0 Å². The van der Waals surface area contributed by atoms with Crippen molar-refractivity contribution in [2.45, 2.75) is 72.3 Å². The Labute approximate surface area is 174 Å². The van der Waals surface area contributed by atoms with Crippen LogP contribution < -0.4 is 5.32 Å². The van der Waals surface area contributed by atoms with Crippen molar-refractivity contribution in [3.05, 3.63) is 30.1 Å². The van der Waals surface area contributed by atoms with Crippen molar-refractivity contribution < 1.29 is 9.59 Å². The number of aryl methyl sites for hydroxylation is 1. The number of nitrogens with one attached hydrogen (secondary N) is 1. The minimum absolute atomic E-state index is 0.106. The van der Waals surface area contributed by atoms with E-state index in [1.54, 1.807) is 0 Å². The van der Waals surface area contributed by atoms with E-state index >= 15 is 0 Å². The van der Waals surface area contributed by atoms with E-state index in [9.17, 15) is 9.59 Å². The molecule has 1 aromatic carbocycles. The van der Waals surface area contributed by atoms with Crippen LogP contribution in [0, 0.1) is 0 Å². The van der Waals surface area contributed by atoms with E-state index in [-0.39, 0.29) is 11.8 Å². The van der Waals surface area contributed by atoms with Gasteiger partial charge in [-0.2, -0.15) is 0 Å². The fourth-order valence-corrected chi connectivity index (χ4v) is 3.57. The van der Waals surface area contributed by atoms with Crippen molar-refractivity contribution in [2.24, 2.45) is 0 Å². The highest BCUT2D eigenvalue weighted by Crippen LogP contribution is 2.18. The summed E-state index contributed by atoms with van der Waals surface area (Å²) in [6.45, 7) is 8.76. The molecule has 0 bridgehead atoms. The average molecular weight is 401 g/mol. The number of carbonyl (C=O) groups is 2. The molecule has 2 aromatic rings. The van der Waals surface area contributed by atoms with E-state index in [2.05, 4.69) is 23.7 Å². The van der Waals surface area contributed by atoms with Crippen LogP contribution in [0.4, 0.5) is 0 Å². The molecule has 0 aliphatic heterocycles. The van der Waals surface area contributed by atoms with Crippen LogP contribution >= 0.6 is 0 Å². The third-order valence-electron chi connectivity index (χ3n) is 5.09. The zero-order valence-corrected chi connectivity index (χ0v) is 18.2. The summed E-state index contributed by atoms with van der Waals surface area (Å²) in [5.74, 6) is 1.25. The predicted octanol–water partition coefficient (Wildman–Crippen LogP) is 3.92. The van der Waals surface area contributed by atoms with E-state index in [1.807, 2.05) is 36.1 Å². The van der Waals surface area contributed by atoms with Gasteiger partial charge in [0.2, 0.25) is 11.8 Å². The first kappa shape index (κ1) is 22.9. The molecule has 0 fully saturated rings. The van der Waals surface area contributed by atoms with E-state index in [4.69, 9.17) is 4.98 Å². The number of hydrogen-bond acceptors (Lipinski definition) is 3. The molecule has 0 saturated heterocycles. The lowest BCUT2D eigenvalue weighted by molar-refractivity contribution is -0.132. The Morgan fingerprint density at radius 1 is 1.03 bits per heavy atom. The summed E-state index contributed by atoms with van der Waals surface area (Å²) in [6, 6.07) is 8.04. The monoisotopic (exact) mass is 400 g/mol. The van der Waals surface area contributed by atoms with Crippen molar-refractivity contribution in [2.75, 3.05) is 19.6 Å². The molecule has 1 N–H and O–H groups in total. The molecule has 160 valence electrons. The molecule has 2 rings (SSSR count). The molecule has 0 aliphatic carbocycles. The molecular formula is C23H36N4O2. The second kappa shape index (κ2) is 12.2. The van der Waals surface area contributed by atoms with Gasteiger partial charge in [-0.15, -0.1) is 0 Å². The second-order valence-corrected chi connectivity index (χ2v) is 7.50. The van der Waals surface area contributed by atoms with Crippen LogP contribution in [0.25, 0.3) is 11.0 Å². The van der Waals surface area contributed by atoms with Crippen molar-refractivity contribution in [3.8, 4) is 0 Å². The Bertz CT molecular complexity index is 778. The Hall–Kier alpha value is -2.37. The van der Waals surface area contributed by atoms with E-state index < -0.39 is 0 Å². The van der Waals surface area contributed by atoms with Gasteiger partial charge in [0.25, 0.3) is 0 Å². The molecule has 1 heterocycles. The number of benzene rings is 1. The number of unbranched alkanes of at least 4 members (excludes halogenated alkanes) is 2. The van der Waals surface area contributed by atoms with Gasteiger partial charge in [0.05, 0.1) is 11.0 Å². The fourth-order valence-electron chi connectivity index (χ4n) is 3.57. The van der Waals surface area contributed by atoms with Crippen LogP contribution in [0.2, 0.25) is 0 Å². The third-order valence-corrected chi connectivity index (χ3v) is 5.09. The van der Waals surface area contributed by atoms with Gasteiger partial charge in [-0.3, -0.25) is 9.59 Å². The van der Waals surface area contributed by atoms with Gasteiger partial charge >= 0.3 is 0 Å². The number of hydrogen-bond donors (Lipinski definition) is 1. The number of fused-ring (bicyclic) bond motifs is 1. The Morgan fingerprint density at radius 2 is 1.76 bits per heavy atom. The van der Waals surface area contributed by atoms with Crippen molar-refractivity contribution in [1.82, 2.24) is 19.8 Å². The van der Waals surface area contributed by atoms with Crippen LogP contribution in [0.1, 0.15) is 65.1 Å². The largest absolute Gasteiger partial charge is 0.356 e. The minimum atomic E-state index is 0.106. The standard InChI is InChI=1S/C23H36N4O2/c1-4-16-26(17-5-2)23(29)18-27-20-13-10-9-12-19(20)25-21(27)14-8-7-11-15-24-22(28)6-3/h9-10,12-13H,4-8,11,14-18H2,1-3H3,(H,24,28). The number of carbonyl (C=O) groups excluding carboxylic acids is 2. The smallest absolute Gasteiger partial charge is 0.242 e. The van der Waals surface area contributed by atoms with Crippen molar-refractivity contribution in [1.29, 1.82) is 0 Å². The van der Waals surface area contributed by atoms with Gasteiger partial charge in [-0.25, -0.2) is 4.98 Å². The first-order valence-corrected chi connectivity index (χ1v) is 11.1. The summed E-state index contributed by atoms with van der Waals surface area (Å²) >= 11 is 0. The van der Waals surface area contributed by atoms with Crippen molar-refractivity contribution >= 4 is 22.8 Å². The summed E-state index contributed by atoms with van der Waals surface area (Å²) in [5, 5.41) is 2.92. The molecule has 0 unspecified atom stereocenters. The van der Waals surface area contributed by atoms with Crippen molar-refractivity contribution in [3.63, 3.8) is 0 Å². The van der Waals surface area contributed by atoms with Gasteiger partial charge in [0.15, 0.2) is 0 Å². The summed E-state index contributed by atoms with van der Waals surface area (Å²) in [6.07, 6.45) is 6.30. The lowest BCUT2D eigenvalue weighted by Gasteiger charge is -2.22. The van der Waals surface area contributed by atoms with Gasteiger partial charge in [-0.05, 0) is 37.8 Å². The molecule has 0 saturated carbocycles. The molecule has 1 aromatic heterocycles. The summed E-state index contributed by atoms with van der Waals surface area (Å²) in [7, 11) is 0. The van der Waals surface area contributed by atoms with Crippen LogP contribution in [-0.2, 0) is 22.6 Å². The van der Waals surface area contributed by atoms with Gasteiger partial charge in [0, 0.05) is 32.5 Å². The Kier molecular flexibility index (Phi) is 9.68. The Morgan fingerprint density at radius 3 is 2.45 bits per heavy atom. The number of rotatable bonds is 13. The summed E-state index contributed by atoms with van der Waals surface area (Å²) in [5.41, 5.74) is 1.97. The Balaban J connectivity index is 2.03. The lowest BCUT2D eigenvalue weighted by Crippen LogP contribution is -2.35. The minimum Gasteiger partial charge on any atom is -0.356 e. The third kappa shape index (κ3) is 6.87. The average Bonchev–Trinajstić information content (AvgIpc) is 3.07. The number of para-hydroxylation sites is 2. The quantitative estimate of drug-likeness (QED) is 0.518. The zero-order chi connectivity index (χ0) is 21.1. The first-order valence-electron chi connectivity index (χ1n) is 11.1. The summed E-state index contributed by atoms with van der Waals surface area (Å²) < 4.78 is 2.09. The van der Waals surface area contributed by atoms with Gasteiger partial charge < -0.3 is 14.8 Å².